The van der Waals surface area contributed by atoms with Gasteiger partial charge in [0.25, 0.3) is 0 Å². The fourth-order valence-corrected chi connectivity index (χ4v) is 5.41. The van der Waals surface area contributed by atoms with Crippen molar-refractivity contribution in [3.05, 3.63) is 71.2 Å². The lowest BCUT2D eigenvalue weighted by Crippen LogP contribution is -2.48. The number of hydrogen-bond donors (Lipinski definition) is 2. The number of aromatic nitrogens is 2. The molecule has 0 spiro atoms. The monoisotopic (exact) mass is 508 g/mol. The molecule has 1 aliphatic heterocycles. The van der Waals surface area contributed by atoms with E-state index in [1.54, 1.807) is 23.5 Å². The number of aliphatic hydroxyl groups excluding tert-OH is 1. The molecule has 2 amide bonds. The lowest BCUT2D eigenvalue weighted by atomic mass is 9.91. The van der Waals surface area contributed by atoms with E-state index in [9.17, 15) is 14.7 Å². The molecule has 3 heterocycles. The van der Waals surface area contributed by atoms with Crippen molar-refractivity contribution in [2.75, 3.05) is 6.54 Å². The van der Waals surface area contributed by atoms with E-state index in [2.05, 4.69) is 22.0 Å². The highest BCUT2D eigenvalue weighted by Crippen LogP contribution is 2.31. The molecule has 0 radical (unpaired) electrons. The van der Waals surface area contributed by atoms with Crippen molar-refractivity contribution in [1.29, 1.82) is 0 Å². The Hall–Kier alpha value is -3.30. The summed E-state index contributed by atoms with van der Waals surface area (Å²) in [5.74, 6) is -0.741. The zero-order chi connectivity index (χ0) is 25.8. The van der Waals surface area contributed by atoms with Crippen molar-refractivity contribution in [2.24, 2.45) is 5.92 Å². The number of thiazole rings is 1. The number of aryl methyl sites for hydroxylation is 1. The van der Waals surface area contributed by atoms with Crippen LogP contribution in [0.3, 0.4) is 0 Å². The topological polar surface area (TPSA) is 109 Å². The highest BCUT2D eigenvalue weighted by atomic mass is 32.1. The summed E-state index contributed by atoms with van der Waals surface area (Å²) in [5, 5.41) is 17.3. The number of β-amino-alcohol motifs (C(OH)–C–C–N with tert-alkyl or cyclic N) is 1. The molecule has 3 atom stereocenters. The number of nitrogens with zero attached hydrogens (tertiary/aromatic N) is 3. The van der Waals surface area contributed by atoms with E-state index >= 15 is 0 Å². The van der Waals surface area contributed by atoms with E-state index in [1.165, 1.54) is 4.90 Å². The van der Waals surface area contributed by atoms with Gasteiger partial charge < -0.3 is 19.8 Å². The zero-order valence-corrected chi connectivity index (χ0v) is 21.6. The molecule has 36 heavy (non-hydrogen) atoms. The average molecular weight is 509 g/mol. The number of likely N-dealkylation sites (tertiary alicyclic amines) is 1. The third-order valence-corrected chi connectivity index (χ3v) is 7.44. The Morgan fingerprint density at radius 3 is 2.72 bits per heavy atom. The van der Waals surface area contributed by atoms with Crippen LogP contribution in [-0.4, -0.2) is 50.7 Å². The van der Waals surface area contributed by atoms with E-state index < -0.39 is 18.1 Å². The van der Waals surface area contributed by atoms with E-state index in [4.69, 9.17) is 4.52 Å². The van der Waals surface area contributed by atoms with Crippen LogP contribution in [0.2, 0.25) is 0 Å². The minimum Gasteiger partial charge on any atom is -0.391 e. The molecule has 1 aromatic carbocycles. The van der Waals surface area contributed by atoms with Crippen LogP contribution in [0.15, 0.2) is 53.0 Å². The first-order valence-electron chi connectivity index (χ1n) is 12.1. The maximum atomic E-state index is 13.6. The Morgan fingerprint density at radius 2 is 2.08 bits per heavy atom. The van der Waals surface area contributed by atoms with Crippen molar-refractivity contribution in [3.63, 3.8) is 0 Å². The van der Waals surface area contributed by atoms with Crippen LogP contribution < -0.4 is 5.32 Å². The quantitative estimate of drug-likeness (QED) is 0.425. The third kappa shape index (κ3) is 5.57. The summed E-state index contributed by atoms with van der Waals surface area (Å²) in [6.45, 7) is 9.98. The number of allylic oxidation sites excluding steroid dienone is 1. The largest absolute Gasteiger partial charge is 0.391 e. The van der Waals surface area contributed by atoms with Gasteiger partial charge in [0.15, 0.2) is 0 Å². The summed E-state index contributed by atoms with van der Waals surface area (Å²) in [7, 11) is 0. The van der Waals surface area contributed by atoms with Gasteiger partial charge in [-0.25, -0.2) is 4.98 Å². The molecule has 0 unspecified atom stereocenters. The van der Waals surface area contributed by atoms with Crippen molar-refractivity contribution in [2.45, 2.75) is 58.2 Å². The minimum absolute atomic E-state index is 0.0795. The van der Waals surface area contributed by atoms with E-state index in [0.29, 0.717) is 24.4 Å². The molecule has 9 heteroatoms. The number of carbonyl (C=O) groups excluding carboxylic acids is 2. The highest BCUT2D eigenvalue weighted by Gasteiger charge is 2.43. The summed E-state index contributed by atoms with van der Waals surface area (Å²) in [6, 6.07) is 9.00. The Bertz CT molecular complexity index is 1220. The van der Waals surface area contributed by atoms with Crippen LogP contribution in [0.1, 0.15) is 48.9 Å². The van der Waals surface area contributed by atoms with Crippen LogP contribution >= 0.6 is 11.3 Å². The SMILES string of the molecule is C=CCc1cc([C@@H](C(=O)N2C[C@H](O)C[C@H]2C(=O)NCc2ccc(-c3scnc3C)cc2)C(C)C)on1. The fourth-order valence-electron chi connectivity index (χ4n) is 4.60. The first-order chi connectivity index (χ1) is 17.3. The van der Waals surface area contributed by atoms with Crippen LogP contribution in [0.4, 0.5) is 0 Å². The molecular formula is C27H32N4O4S. The molecule has 1 fully saturated rings. The van der Waals surface area contributed by atoms with E-state index in [-0.39, 0.29) is 30.7 Å². The molecule has 0 saturated carbocycles. The molecule has 0 bridgehead atoms. The summed E-state index contributed by atoms with van der Waals surface area (Å²) < 4.78 is 5.48. The molecule has 2 N–H and O–H groups in total. The number of benzene rings is 1. The Balaban J connectivity index is 1.43. The normalized spacial score (nSPS) is 18.4. The maximum Gasteiger partial charge on any atom is 0.243 e. The van der Waals surface area contributed by atoms with E-state index in [0.717, 1.165) is 21.7 Å². The molecule has 2 aromatic heterocycles. The minimum atomic E-state index is -0.759. The second-order valence-electron chi connectivity index (χ2n) is 9.51. The summed E-state index contributed by atoms with van der Waals surface area (Å²) >= 11 is 1.60. The lowest BCUT2D eigenvalue weighted by Gasteiger charge is -2.28. The number of nitrogens with one attached hydrogen (secondary N) is 1. The van der Waals surface area contributed by atoms with E-state index in [1.807, 2.05) is 50.5 Å². The number of aliphatic hydroxyl groups is 1. The molecule has 1 aliphatic rings. The van der Waals surface area contributed by atoms with Gasteiger partial charge in [-0.05, 0) is 24.0 Å². The lowest BCUT2D eigenvalue weighted by molar-refractivity contribution is -0.141. The molecule has 1 saturated heterocycles. The van der Waals surface area contributed by atoms with Crippen molar-refractivity contribution < 1.29 is 19.2 Å². The van der Waals surface area contributed by atoms with Gasteiger partial charge in [-0.1, -0.05) is 49.3 Å². The number of rotatable bonds is 9. The van der Waals surface area contributed by atoms with Crippen LogP contribution in [0.5, 0.6) is 0 Å². The zero-order valence-electron chi connectivity index (χ0n) is 20.8. The summed E-state index contributed by atoms with van der Waals surface area (Å²) in [5.41, 5.74) is 5.55. The summed E-state index contributed by atoms with van der Waals surface area (Å²) in [4.78, 5) is 33.6. The van der Waals surface area contributed by atoms with Crippen molar-refractivity contribution >= 4 is 23.2 Å². The molecule has 3 aromatic rings. The molecule has 0 aliphatic carbocycles. The molecular weight excluding hydrogens is 476 g/mol. The van der Waals surface area contributed by atoms with Crippen LogP contribution in [0.25, 0.3) is 10.4 Å². The third-order valence-electron chi connectivity index (χ3n) is 6.46. The predicted molar refractivity (Wildman–Crippen MR) is 138 cm³/mol. The Morgan fingerprint density at radius 1 is 1.33 bits per heavy atom. The average Bonchev–Trinajstić information content (AvgIpc) is 3.58. The van der Waals surface area contributed by atoms with Gasteiger partial charge in [-0.2, -0.15) is 0 Å². The molecule has 190 valence electrons. The van der Waals surface area contributed by atoms with Gasteiger partial charge in [0.2, 0.25) is 11.8 Å². The Labute approximate surface area is 215 Å². The highest BCUT2D eigenvalue weighted by molar-refractivity contribution is 7.13. The van der Waals surface area contributed by atoms with Gasteiger partial charge in [0.1, 0.15) is 17.7 Å². The van der Waals surface area contributed by atoms with Crippen LogP contribution in [-0.2, 0) is 22.6 Å². The summed E-state index contributed by atoms with van der Waals surface area (Å²) in [6.07, 6.45) is 1.70. The molecule has 8 nitrogen and oxygen atoms in total. The van der Waals surface area contributed by atoms with Crippen LogP contribution in [0, 0.1) is 12.8 Å². The predicted octanol–water partition coefficient (Wildman–Crippen LogP) is 3.85. The Kier molecular flexibility index (Phi) is 8.01. The first-order valence-corrected chi connectivity index (χ1v) is 13.0. The maximum absolute atomic E-state index is 13.6. The van der Waals surface area contributed by atoms with Gasteiger partial charge in [-0.15, -0.1) is 17.9 Å². The number of hydrogen-bond acceptors (Lipinski definition) is 7. The van der Waals surface area contributed by atoms with Gasteiger partial charge in [0, 0.05) is 32.0 Å². The first kappa shape index (κ1) is 25.8. The fraction of sp³-hybridized carbons (Fsp3) is 0.407. The number of carbonyl (C=O) groups is 2. The van der Waals surface area contributed by atoms with Gasteiger partial charge >= 0.3 is 0 Å². The standard InChI is InChI=1S/C27H32N4O4S/c1-5-6-20-11-23(35-30-20)24(16(2)3)27(34)31-14-21(32)12-22(31)26(33)28-13-18-7-9-19(10-8-18)25-17(4)29-15-36-25/h5,7-11,15-16,21-22,24,32H,1,6,12-14H2,2-4H3,(H,28,33)/t21-,22+,24+/m1/s1. The second-order valence-corrected chi connectivity index (χ2v) is 10.4. The smallest absolute Gasteiger partial charge is 0.243 e. The van der Waals surface area contributed by atoms with Gasteiger partial charge in [0.05, 0.1) is 27.9 Å². The molecule has 4 rings (SSSR count). The van der Waals surface area contributed by atoms with Crippen molar-refractivity contribution in [3.8, 4) is 10.4 Å². The number of amides is 2. The van der Waals surface area contributed by atoms with Gasteiger partial charge in [-0.3, -0.25) is 9.59 Å². The van der Waals surface area contributed by atoms with Crippen molar-refractivity contribution in [1.82, 2.24) is 20.4 Å². The second kappa shape index (κ2) is 11.2.